The molecular formula is C9H14N4. The number of nitrogens with zero attached hydrogens (tertiary/aromatic N) is 3. The van der Waals surface area contributed by atoms with Gasteiger partial charge in [0.05, 0.1) is 17.4 Å². The van der Waals surface area contributed by atoms with Crippen molar-refractivity contribution in [3.8, 4) is 0 Å². The van der Waals surface area contributed by atoms with Gasteiger partial charge in [-0.3, -0.25) is 0 Å². The van der Waals surface area contributed by atoms with Crippen LogP contribution in [0.3, 0.4) is 0 Å². The Balaban J connectivity index is 2.22. The molecule has 2 rings (SSSR count). The number of aryl methyl sites for hydroxylation is 1. The minimum absolute atomic E-state index is 0.253. The smallest absolute Gasteiger partial charge is 0.171 e. The molecule has 0 amide bonds. The topological polar surface area (TPSA) is 64.7 Å². The zero-order chi connectivity index (χ0) is 9.31. The molecule has 70 valence electrons. The van der Waals surface area contributed by atoms with Crippen LogP contribution in [-0.4, -0.2) is 15.2 Å². The quantitative estimate of drug-likeness (QED) is 0.742. The molecular weight excluding hydrogens is 164 g/mol. The van der Waals surface area contributed by atoms with Gasteiger partial charge in [-0.05, 0) is 19.3 Å². The Morgan fingerprint density at radius 3 is 2.92 bits per heavy atom. The fraction of sp³-hybridized carbons (Fsp3) is 0.667. The summed E-state index contributed by atoms with van der Waals surface area (Å²) in [5, 5.41) is 7.89. The van der Waals surface area contributed by atoms with Crippen LogP contribution in [-0.2, 0) is 12.0 Å². The van der Waals surface area contributed by atoms with E-state index >= 15 is 0 Å². The molecule has 0 aromatic carbocycles. The zero-order valence-corrected chi connectivity index (χ0v) is 7.82. The van der Waals surface area contributed by atoms with Crippen molar-refractivity contribution in [3.63, 3.8) is 0 Å². The molecule has 0 bridgehead atoms. The van der Waals surface area contributed by atoms with Crippen molar-refractivity contribution in [2.45, 2.75) is 38.1 Å². The fourth-order valence-corrected chi connectivity index (χ4v) is 1.28. The van der Waals surface area contributed by atoms with E-state index in [0.717, 1.165) is 37.2 Å². The van der Waals surface area contributed by atoms with Crippen molar-refractivity contribution >= 4 is 0 Å². The van der Waals surface area contributed by atoms with E-state index in [1.807, 2.05) is 0 Å². The van der Waals surface area contributed by atoms with E-state index in [2.05, 4.69) is 22.1 Å². The van der Waals surface area contributed by atoms with Gasteiger partial charge in [0.25, 0.3) is 0 Å². The standard InChI is InChI=1S/C9H14N4/c1-2-3-7-6-11-13-8(12-7)9(10)4-5-9/h6H,2-5,10H2,1H3. The van der Waals surface area contributed by atoms with Crippen molar-refractivity contribution in [1.29, 1.82) is 0 Å². The largest absolute Gasteiger partial charge is 0.319 e. The van der Waals surface area contributed by atoms with Crippen LogP contribution < -0.4 is 5.73 Å². The first kappa shape index (κ1) is 8.56. The summed E-state index contributed by atoms with van der Waals surface area (Å²) in [7, 11) is 0. The highest BCUT2D eigenvalue weighted by Crippen LogP contribution is 2.40. The molecule has 1 fully saturated rings. The molecule has 1 heterocycles. The van der Waals surface area contributed by atoms with Gasteiger partial charge in [-0.1, -0.05) is 13.3 Å². The van der Waals surface area contributed by atoms with Gasteiger partial charge in [0, 0.05) is 0 Å². The lowest BCUT2D eigenvalue weighted by atomic mass is 10.2. The molecule has 0 unspecified atom stereocenters. The van der Waals surface area contributed by atoms with E-state index in [0.29, 0.717) is 0 Å². The Morgan fingerprint density at radius 1 is 1.54 bits per heavy atom. The van der Waals surface area contributed by atoms with E-state index in [1.165, 1.54) is 0 Å². The van der Waals surface area contributed by atoms with Crippen LogP contribution in [0, 0.1) is 0 Å². The van der Waals surface area contributed by atoms with Crippen LogP contribution in [0.25, 0.3) is 0 Å². The van der Waals surface area contributed by atoms with Gasteiger partial charge in [0.2, 0.25) is 0 Å². The monoisotopic (exact) mass is 178 g/mol. The first-order chi connectivity index (χ1) is 6.24. The van der Waals surface area contributed by atoms with Crippen molar-refractivity contribution in [2.75, 3.05) is 0 Å². The Kier molecular flexibility index (Phi) is 2.00. The van der Waals surface area contributed by atoms with Gasteiger partial charge >= 0.3 is 0 Å². The van der Waals surface area contributed by atoms with E-state index < -0.39 is 0 Å². The molecule has 1 saturated carbocycles. The Hall–Kier alpha value is -1.03. The highest BCUT2D eigenvalue weighted by molar-refractivity contribution is 5.14. The van der Waals surface area contributed by atoms with Crippen molar-refractivity contribution in [3.05, 3.63) is 17.7 Å². The minimum Gasteiger partial charge on any atom is -0.319 e. The summed E-state index contributed by atoms with van der Waals surface area (Å²) < 4.78 is 0. The second-order valence-electron chi connectivity index (χ2n) is 3.68. The van der Waals surface area contributed by atoms with E-state index in [-0.39, 0.29) is 5.54 Å². The molecule has 1 aromatic heterocycles. The van der Waals surface area contributed by atoms with Crippen molar-refractivity contribution in [2.24, 2.45) is 5.73 Å². The maximum atomic E-state index is 5.97. The molecule has 0 saturated heterocycles. The maximum absolute atomic E-state index is 5.97. The molecule has 13 heavy (non-hydrogen) atoms. The van der Waals surface area contributed by atoms with Gasteiger partial charge in [0.1, 0.15) is 0 Å². The Labute approximate surface area is 77.6 Å². The molecule has 0 spiro atoms. The Bertz CT molecular complexity index is 306. The third-order valence-corrected chi connectivity index (χ3v) is 2.35. The summed E-state index contributed by atoms with van der Waals surface area (Å²) in [6.45, 7) is 2.12. The lowest BCUT2D eigenvalue weighted by Gasteiger charge is -2.06. The molecule has 0 atom stereocenters. The first-order valence-electron chi connectivity index (χ1n) is 4.72. The molecule has 1 aliphatic carbocycles. The molecule has 2 N–H and O–H groups in total. The predicted octanol–water partition coefficient (Wildman–Crippen LogP) is 0.772. The molecule has 1 aromatic rings. The Morgan fingerprint density at radius 2 is 2.31 bits per heavy atom. The average Bonchev–Trinajstić information content (AvgIpc) is 2.86. The van der Waals surface area contributed by atoms with E-state index in [1.54, 1.807) is 6.20 Å². The number of rotatable bonds is 3. The van der Waals surface area contributed by atoms with Crippen LogP contribution in [0.1, 0.15) is 37.7 Å². The SMILES string of the molecule is CCCc1cnnc(C2(N)CC2)n1. The highest BCUT2D eigenvalue weighted by Gasteiger charge is 2.43. The molecule has 1 aliphatic rings. The normalized spacial score (nSPS) is 18.6. The highest BCUT2D eigenvalue weighted by atomic mass is 15.2. The number of hydrogen-bond acceptors (Lipinski definition) is 4. The summed E-state index contributed by atoms with van der Waals surface area (Å²) in [5.41, 5.74) is 6.72. The number of nitrogens with two attached hydrogens (primary N) is 1. The van der Waals surface area contributed by atoms with Crippen LogP contribution in [0.2, 0.25) is 0 Å². The second kappa shape index (κ2) is 3.03. The zero-order valence-electron chi connectivity index (χ0n) is 7.82. The number of aromatic nitrogens is 3. The lowest BCUT2D eigenvalue weighted by Crippen LogP contribution is -2.23. The van der Waals surface area contributed by atoms with Crippen LogP contribution >= 0.6 is 0 Å². The summed E-state index contributed by atoms with van der Waals surface area (Å²) >= 11 is 0. The minimum atomic E-state index is -0.253. The number of hydrogen-bond donors (Lipinski definition) is 1. The summed E-state index contributed by atoms with van der Waals surface area (Å²) in [4.78, 5) is 4.40. The van der Waals surface area contributed by atoms with E-state index in [9.17, 15) is 0 Å². The molecule has 0 aliphatic heterocycles. The van der Waals surface area contributed by atoms with Crippen molar-refractivity contribution < 1.29 is 0 Å². The third-order valence-electron chi connectivity index (χ3n) is 2.35. The van der Waals surface area contributed by atoms with Gasteiger partial charge in [0.15, 0.2) is 5.82 Å². The van der Waals surface area contributed by atoms with Gasteiger partial charge < -0.3 is 5.73 Å². The van der Waals surface area contributed by atoms with Gasteiger partial charge in [-0.2, -0.15) is 5.10 Å². The van der Waals surface area contributed by atoms with Crippen LogP contribution in [0.5, 0.6) is 0 Å². The second-order valence-corrected chi connectivity index (χ2v) is 3.68. The summed E-state index contributed by atoms with van der Waals surface area (Å²) in [6.07, 6.45) is 5.74. The summed E-state index contributed by atoms with van der Waals surface area (Å²) in [5.74, 6) is 0.721. The van der Waals surface area contributed by atoms with E-state index in [4.69, 9.17) is 5.73 Å². The van der Waals surface area contributed by atoms with Crippen LogP contribution in [0.4, 0.5) is 0 Å². The molecule has 0 radical (unpaired) electrons. The van der Waals surface area contributed by atoms with Gasteiger partial charge in [-0.25, -0.2) is 4.98 Å². The molecule has 4 nitrogen and oxygen atoms in total. The van der Waals surface area contributed by atoms with Gasteiger partial charge in [-0.15, -0.1) is 5.10 Å². The average molecular weight is 178 g/mol. The fourth-order valence-electron chi connectivity index (χ4n) is 1.28. The summed E-state index contributed by atoms with van der Waals surface area (Å²) in [6, 6.07) is 0. The third kappa shape index (κ3) is 1.67. The maximum Gasteiger partial charge on any atom is 0.171 e. The predicted molar refractivity (Wildman–Crippen MR) is 48.9 cm³/mol. The molecule has 4 heteroatoms. The van der Waals surface area contributed by atoms with Crippen molar-refractivity contribution in [1.82, 2.24) is 15.2 Å². The lowest BCUT2D eigenvalue weighted by molar-refractivity contribution is 0.635. The van der Waals surface area contributed by atoms with Crippen LogP contribution in [0.15, 0.2) is 6.20 Å². The first-order valence-corrected chi connectivity index (χ1v) is 4.72.